The zero-order valence-corrected chi connectivity index (χ0v) is 14.4. The molecule has 0 amide bonds. The van der Waals surface area contributed by atoms with Gasteiger partial charge in [0.25, 0.3) is 0 Å². The standard InChI is InChI=1S/C20H17N3S/c1-23(2)18-10-8-15(9-11-18)12-17(13-21)20-22-19(14-24-20)16-6-4-3-5-7-16/h3-12,14H,1-2H3. The Morgan fingerprint density at radius 3 is 2.42 bits per heavy atom. The van der Waals surface area contributed by atoms with Gasteiger partial charge in [0.2, 0.25) is 0 Å². The van der Waals surface area contributed by atoms with Crippen LogP contribution in [0.25, 0.3) is 22.9 Å². The van der Waals surface area contributed by atoms with Crippen molar-refractivity contribution >= 4 is 28.7 Å². The molecule has 0 unspecified atom stereocenters. The van der Waals surface area contributed by atoms with Crippen LogP contribution in [0.3, 0.4) is 0 Å². The minimum absolute atomic E-state index is 0.583. The van der Waals surface area contributed by atoms with Gasteiger partial charge in [-0.15, -0.1) is 11.3 Å². The molecule has 3 nitrogen and oxygen atoms in total. The number of benzene rings is 2. The van der Waals surface area contributed by atoms with Crippen molar-refractivity contribution in [3.05, 3.63) is 70.5 Å². The Morgan fingerprint density at radius 2 is 1.79 bits per heavy atom. The Morgan fingerprint density at radius 1 is 1.08 bits per heavy atom. The molecule has 0 fully saturated rings. The highest BCUT2D eigenvalue weighted by atomic mass is 32.1. The van der Waals surface area contributed by atoms with E-state index in [0.717, 1.165) is 27.5 Å². The maximum atomic E-state index is 9.50. The van der Waals surface area contributed by atoms with Gasteiger partial charge in [-0.05, 0) is 23.8 Å². The van der Waals surface area contributed by atoms with Crippen molar-refractivity contribution < 1.29 is 0 Å². The van der Waals surface area contributed by atoms with E-state index in [1.54, 1.807) is 0 Å². The minimum atomic E-state index is 0.583. The molecule has 24 heavy (non-hydrogen) atoms. The van der Waals surface area contributed by atoms with E-state index >= 15 is 0 Å². The number of thiazole rings is 1. The van der Waals surface area contributed by atoms with Crippen LogP contribution in [-0.2, 0) is 0 Å². The lowest BCUT2D eigenvalue weighted by molar-refractivity contribution is 1.13. The Bertz CT molecular complexity index is 885. The molecule has 118 valence electrons. The summed E-state index contributed by atoms with van der Waals surface area (Å²) in [6, 6.07) is 20.4. The highest BCUT2D eigenvalue weighted by molar-refractivity contribution is 7.11. The first-order valence-electron chi connectivity index (χ1n) is 7.58. The third-order valence-corrected chi connectivity index (χ3v) is 4.52. The molecule has 0 radical (unpaired) electrons. The van der Waals surface area contributed by atoms with Crippen molar-refractivity contribution in [2.45, 2.75) is 0 Å². The van der Waals surface area contributed by atoms with Crippen molar-refractivity contribution in [1.82, 2.24) is 4.98 Å². The highest BCUT2D eigenvalue weighted by Gasteiger charge is 2.09. The van der Waals surface area contributed by atoms with Gasteiger partial charge in [-0.1, -0.05) is 42.5 Å². The van der Waals surface area contributed by atoms with Gasteiger partial charge in [0.1, 0.15) is 11.1 Å². The molecule has 0 aliphatic carbocycles. The second-order valence-corrected chi connectivity index (χ2v) is 6.42. The molecule has 0 saturated carbocycles. The third kappa shape index (κ3) is 3.53. The van der Waals surface area contributed by atoms with E-state index in [4.69, 9.17) is 0 Å². The molecule has 2 aromatic carbocycles. The van der Waals surface area contributed by atoms with Crippen LogP contribution >= 0.6 is 11.3 Å². The van der Waals surface area contributed by atoms with Crippen LogP contribution < -0.4 is 4.90 Å². The maximum absolute atomic E-state index is 9.50. The summed E-state index contributed by atoms with van der Waals surface area (Å²) in [5.74, 6) is 0. The van der Waals surface area contributed by atoms with Crippen molar-refractivity contribution in [1.29, 1.82) is 5.26 Å². The fourth-order valence-electron chi connectivity index (χ4n) is 2.32. The summed E-state index contributed by atoms with van der Waals surface area (Å²) in [4.78, 5) is 6.66. The van der Waals surface area contributed by atoms with Crippen LogP contribution in [0, 0.1) is 11.3 Å². The van der Waals surface area contributed by atoms with Gasteiger partial charge in [0, 0.05) is 30.7 Å². The van der Waals surface area contributed by atoms with E-state index in [2.05, 4.69) is 11.1 Å². The summed E-state index contributed by atoms with van der Waals surface area (Å²) in [6.45, 7) is 0. The number of nitriles is 1. The SMILES string of the molecule is CN(C)c1ccc(C=C(C#N)c2nc(-c3ccccc3)cs2)cc1. The van der Waals surface area contributed by atoms with E-state index in [-0.39, 0.29) is 0 Å². The number of allylic oxidation sites excluding steroid dienone is 1. The second-order valence-electron chi connectivity index (χ2n) is 5.56. The predicted molar refractivity (Wildman–Crippen MR) is 102 cm³/mol. The van der Waals surface area contributed by atoms with Crippen molar-refractivity contribution in [2.24, 2.45) is 0 Å². The molecular formula is C20H17N3S. The summed E-state index contributed by atoms with van der Waals surface area (Å²) >= 11 is 1.49. The van der Waals surface area contributed by atoms with E-state index in [0.29, 0.717) is 5.57 Å². The fourth-order valence-corrected chi connectivity index (χ4v) is 3.11. The fraction of sp³-hybridized carbons (Fsp3) is 0.100. The molecule has 0 aliphatic rings. The smallest absolute Gasteiger partial charge is 0.134 e. The number of nitrogens with zero attached hydrogens (tertiary/aromatic N) is 3. The molecule has 0 bridgehead atoms. The van der Waals surface area contributed by atoms with E-state index < -0.39 is 0 Å². The van der Waals surface area contributed by atoms with Gasteiger partial charge in [0.05, 0.1) is 11.3 Å². The quantitative estimate of drug-likeness (QED) is 0.636. The first-order valence-corrected chi connectivity index (χ1v) is 8.46. The Labute approximate surface area is 146 Å². The van der Waals surface area contributed by atoms with E-state index in [9.17, 15) is 5.26 Å². The first-order chi connectivity index (χ1) is 11.7. The average molecular weight is 331 g/mol. The number of rotatable bonds is 4. The van der Waals surface area contributed by atoms with Crippen molar-refractivity contribution in [3.8, 4) is 17.3 Å². The summed E-state index contributed by atoms with van der Waals surface area (Å²) in [7, 11) is 4.01. The lowest BCUT2D eigenvalue weighted by Gasteiger charge is -2.11. The van der Waals surface area contributed by atoms with Crippen LogP contribution in [0.2, 0.25) is 0 Å². The lowest BCUT2D eigenvalue weighted by Crippen LogP contribution is -2.07. The second kappa shape index (κ2) is 7.12. The van der Waals surface area contributed by atoms with Crippen LogP contribution in [-0.4, -0.2) is 19.1 Å². The predicted octanol–water partition coefficient (Wildman–Crippen LogP) is 4.94. The molecule has 0 spiro atoms. The van der Waals surface area contributed by atoms with Gasteiger partial charge < -0.3 is 4.90 Å². The molecule has 0 saturated heterocycles. The van der Waals surface area contributed by atoms with Crippen molar-refractivity contribution in [3.63, 3.8) is 0 Å². The molecular weight excluding hydrogens is 314 g/mol. The van der Waals surface area contributed by atoms with E-state index in [1.807, 2.05) is 85.0 Å². The third-order valence-electron chi connectivity index (χ3n) is 3.65. The number of anilines is 1. The maximum Gasteiger partial charge on any atom is 0.134 e. The van der Waals surface area contributed by atoms with Crippen LogP contribution in [0.15, 0.2) is 60.0 Å². The van der Waals surface area contributed by atoms with Gasteiger partial charge in [0.15, 0.2) is 0 Å². The summed E-state index contributed by atoms with van der Waals surface area (Å²) in [5, 5.41) is 12.2. The molecule has 0 aliphatic heterocycles. The number of hydrogen-bond donors (Lipinski definition) is 0. The highest BCUT2D eigenvalue weighted by Crippen LogP contribution is 2.27. The van der Waals surface area contributed by atoms with Crippen molar-refractivity contribution in [2.75, 3.05) is 19.0 Å². The molecule has 4 heteroatoms. The van der Waals surface area contributed by atoms with Gasteiger partial charge in [-0.25, -0.2) is 4.98 Å². The Kier molecular flexibility index (Phi) is 4.74. The number of hydrogen-bond acceptors (Lipinski definition) is 4. The van der Waals surface area contributed by atoms with Crippen LogP contribution in [0.1, 0.15) is 10.6 Å². The molecule has 0 atom stereocenters. The largest absolute Gasteiger partial charge is 0.378 e. The summed E-state index contributed by atoms with van der Waals surface area (Å²) < 4.78 is 0. The van der Waals surface area contributed by atoms with Crippen LogP contribution in [0.5, 0.6) is 0 Å². The first kappa shape index (κ1) is 16.0. The summed E-state index contributed by atoms with van der Waals surface area (Å²) in [5.41, 5.74) is 4.67. The van der Waals surface area contributed by atoms with Gasteiger partial charge >= 0.3 is 0 Å². The zero-order chi connectivity index (χ0) is 16.9. The molecule has 1 heterocycles. The Hall–Kier alpha value is -2.90. The lowest BCUT2D eigenvalue weighted by atomic mass is 10.1. The zero-order valence-electron chi connectivity index (χ0n) is 13.6. The Balaban J connectivity index is 1.89. The normalized spacial score (nSPS) is 11.1. The summed E-state index contributed by atoms with van der Waals surface area (Å²) in [6.07, 6.45) is 1.88. The molecule has 0 N–H and O–H groups in total. The molecule has 3 rings (SSSR count). The van der Waals surface area contributed by atoms with Gasteiger partial charge in [-0.2, -0.15) is 5.26 Å². The van der Waals surface area contributed by atoms with Crippen LogP contribution in [0.4, 0.5) is 5.69 Å². The number of aromatic nitrogens is 1. The van der Waals surface area contributed by atoms with Gasteiger partial charge in [-0.3, -0.25) is 0 Å². The topological polar surface area (TPSA) is 39.9 Å². The molecule has 3 aromatic rings. The average Bonchev–Trinajstić information content (AvgIpc) is 3.11. The van der Waals surface area contributed by atoms with E-state index in [1.165, 1.54) is 11.3 Å². The monoisotopic (exact) mass is 331 g/mol. The minimum Gasteiger partial charge on any atom is -0.378 e. The molecule has 1 aromatic heterocycles.